The van der Waals surface area contributed by atoms with Gasteiger partial charge in [-0.15, -0.1) is 0 Å². The van der Waals surface area contributed by atoms with Crippen LogP contribution < -0.4 is 5.32 Å². The Kier molecular flexibility index (Phi) is 5.99. The summed E-state index contributed by atoms with van der Waals surface area (Å²) in [6, 6.07) is 12.5. The monoisotopic (exact) mass is 554 g/mol. The molecular weight excluding hydrogens is 529 g/mol. The molecule has 1 spiro atoms. The summed E-state index contributed by atoms with van der Waals surface area (Å²) >= 11 is 0. The Morgan fingerprint density at radius 2 is 1.78 bits per heavy atom. The zero-order valence-corrected chi connectivity index (χ0v) is 21.9. The summed E-state index contributed by atoms with van der Waals surface area (Å²) in [4.78, 5) is 39.9. The fourth-order valence-electron chi connectivity index (χ4n) is 6.81. The van der Waals surface area contributed by atoms with Crippen molar-refractivity contribution >= 4 is 17.5 Å². The highest BCUT2D eigenvalue weighted by Crippen LogP contribution is 2.48. The molecule has 3 aliphatic rings. The van der Waals surface area contributed by atoms with Gasteiger partial charge in [-0.3, -0.25) is 19.6 Å². The van der Waals surface area contributed by atoms with Crippen LogP contribution in [0, 0.1) is 11.6 Å². The second-order valence-corrected chi connectivity index (χ2v) is 11.1. The van der Waals surface area contributed by atoms with E-state index in [1.807, 2.05) is 6.07 Å². The van der Waals surface area contributed by atoms with Crippen LogP contribution in [-0.2, 0) is 23.1 Å². The third kappa shape index (κ3) is 4.05. The largest absolute Gasteiger partial charge is 0.310 e. The summed E-state index contributed by atoms with van der Waals surface area (Å²) in [5.41, 5.74) is 2.82. The number of nitrogens with one attached hydrogen (secondary N) is 1. The molecule has 4 heterocycles. The summed E-state index contributed by atoms with van der Waals surface area (Å²) < 4.78 is 44.6. The highest BCUT2D eigenvalue weighted by atomic mass is 19.2. The molecule has 4 atom stereocenters. The number of Topliss-reactive ketones (excluding diaryl/α,β-unsaturated/α-hetero) is 1. The molecule has 1 amide bonds. The number of ketones is 1. The molecule has 4 aromatic rings. The molecule has 0 fully saturated rings. The van der Waals surface area contributed by atoms with Gasteiger partial charge in [-0.2, -0.15) is 0 Å². The van der Waals surface area contributed by atoms with Crippen molar-refractivity contribution in [3.63, 3.8) is 0 Å². The number of carbonyl (C=O) groups is 2. The van der Waals surface area contributed by atoms with Crippen LogP contribution in [0.3, 0.4) is 0 Å². The third-order valence-corrected chi connectivity index (χ3v) is 8.88. The van der Waals surface area contributed by atoms with Crippen molar-refractivity contribution in [2.24, 2.45) is 0 Å². The van der Waals surface area contributed by atoms with Gasteiger partial charge in [-0.05, 0) is 54.7 Å². The Bertz CT molecular complexity index is 1730. The number of carbonyl (C=O) groups excluding carboxylic acids is 2. The first-order valence-corrected chi connectivity index (χ1v) is 13.7. The number of amides is 1. The van der Waals surface area contributed by atoms with Crippen molar-refractivity contribution in [3.8, 4) is 0 Å². The van der Waals surface area contributed by atoms with Gasteiger partial charge in [-0.25, -0.2) is 18.2 Å². The summed E-state index contributed by atoms with van der Waals surface area (Å²) in [5, 5.41) is 2.87. The van der Waals surface area contributed by atoms with Crippen molar-refractivity contribution in [1.82, 2.24) is 15.0 Å². The zero-order valence-electron chi connectivity index (χ0n) is 21.9. The molecule has 9 heteroatoms. The minimum absolute atomic E-state index is 0.0104. The molecule has 1 aromatic carbocycles. The van der Waals surface area contributed by atoms with Gasteiger partial charge in [0, 0.05) is 71.3 Å². The predicted molar refractivity (Wildman–Crippen MR) is 144 cm³/mol. The van der Waals surface area contributed by atoms with E-state index >= 15 is 4.39 Å². The zero-order chi connectivity index (χ0) is 28.3. The molecule has 0 saturated carbocycles. The maximum atomic E-state index is 15.9. The summed E-state index contributed by atoms with van der Waals surface area (Å²) in [6.45, 7) is 0. The minimum Gasteiger partial charge on any atom is -0.310 e. The number of rotatable bonds is 4. The Morgan fingerprint density at radius 1 is 0.976 bits per heavy atom. The molecular formula is C32H25F3N4O2. The average molecular weight is 555 g/mol. The van der Waals surface area contributed by atoms with Crippen molar-refractivity contribution in [1.29, 1.82) is 0 Å². The smallest absolute Gasteiger partial charge is 0.237 e. The van der Waals surface area contributed by atoms with E-state index in [0.29, 0.717) is 41.9 Å². The Balaban J connectivity index is 1.15. The predicted octanol–water partition coefficient (Wildman–Crippen LogP) is 6.08. The lowest BCUT2D eigenvalue weighted by molar-refractivity contribution is -0.120. The van der Waals surface area contributed by atoms with Crippen molar-refractivity contribution in [2.45, 2.75) is 55.5 Å². The number of pyridine rings is 3. The average Bonchev–Trinajstić information content (AvgIpc) is 3.46. The first-order valence-electron chi connectivity index (χ1n) is 13.7. The summed E-state index contributed by atoms with van der Waals surface area (Å²) in [6.07, 6.45) is 4.65. The summed E-state index contributed by atoms with van der Waals surface area (Å²) in [7, 11) is 0. The van der Waals surface area contributed by atoms with Gasteiger partial charge in [0.2, 0.25) is 5.91 Å². The third-order valence-electron chi connectivity index (χ3n) is 8.88. The topological polar surface area (TPSA) is 84.8 Å². The van der Waals surface area contributed by atoms with Crippen molar-refractivity contribution in [2.75, 3.05) is 5.32 Å². The van der Waals surface area contributed by atoms with E-state index < -0.39 is 35.1 Å². The molecule has 3 aromatic heterocycles. The SMILES string of the molecule is O=C(C[C@H]1CC[C@H](c2cccc(F)c2F)[C@H](F)c2cccnc21)c1cnc2c(c1)C[C@@]1(C2)C(=O)Nc2ncccc21. The molecule has 6 nitrogen and oxygen atoms in total. The molecule has 0 unspecified atom stereocenters. The molecule has 1 N–H and O–H groups in total. The number of hydrogen-bond acceptors (Lipinski definition) is 5. The molecule has 0 radical (unpaired) electrons. The van der Waals surface area contributed by atoms with E-state index in [0.717, 1.165) is 22.9 Å². The van der Waals surface area contributed by atoms with Gasteiger partial charge in [0.05, 0.1) is 5.41 Å². The number of anilines is 1. The van der Waals surface area contributed by atoms with Crippen LogP contribution in [-0.4, -0.2) is 26.6 Å². The number of alkyl halides is 1. The summed E-state index contributed by atoms with van der Waals surface area (Å²) in [5.74, 6) is -3.11. The van der Waals surface area contributed by atoms with Crippen molar-refractivity contribution < 1.29 is 22.8 Å². The van der Waals surface area contributed by atoms with Crippen LogP contribution in [0.1, 0.15) is 81.3 Å². The molecule has 7 rings (SSSR count). The van der Waals surface area contributed by atoms with Gasteiger partial charge in [0.1, 0.15) is 12.0 Å². The fraction of sp³-hybridized carbons (Fsp3) is 0.281. The van der Waals surface area contributed by atoms with Crippen LogP contribution in [0.2, 0.25) is 0 Å². The van der Waals surface area contributed by atoms with E-state index in [4.69, 9.17) is 0 Å². The Morgan fingerprint density at radius 3 is 2.66 bits per heavy atom. The van der Waals surface area contributed by atoms with E-state index in [1.54, 1.807) is 36.7 Å². The number of hydrogen-bond donors (Lipinski definition) is 1. The molecule has 0 bridgehead atoms. The van der Waals surface area contributed by atoms with E-state index in [9.17, 15) is 18.4 Å². The Labute approximate surface area is 234 Å². The van der Waals surface area contributed by atoms with Gasteiger partial charge in [-0.1, -0.05) is 24.3 Å². The second-order valence-electron chi connectivity index (χ2n) is 11.1. The molecule has 41 heavy (non-hydrogen) atoms. The molecule has 2 aliphatic carbocycles. The van der Waals surface area contributed by atoms with Crippen molar-refractivity contribution in [3.05, 3.63) is 118 Å². The van der Waals surface area contributed by atoms with Crippen LogP contribution in [0.15, 0.2) is 67.1 Å². The lowest BCUT2D eigenvalue weighted by Gasteiger charge is -2.20. The molecule has 0 saturated heterocycles. The number of halogens is 3. The van der Waals surface area contributed by atoms with Crippen LogP contribution in [0.4, 0.5) is 19.0 Å². The number of nitrogens with zero attached hydrogens (tertiary/aromatic N) is 3. The Hall–Kier alpha value is -4.40. The van der Waals surface area contributed by atoms with E-state index in [1.165, 1.54) is 18.3 Å². The standard InChI is InChI=1S/C32H25F3N4O2/c33-24-7-1-4-20(28(24)35)21-9-8-17(29-22(27(21)34)5-2-10-36-29)13-26(40)19-12-18-14-32(15-25(18)38-16-19)23-6-3-11-37-30(23)39-31(32)41/h1-7,10-12,16-17,21,27H,8-9,13-15H2,(H,37,39,41)/t17-,21-,27+,32+/m1/s1. The van der Waals surface area contributed by atoms with Crippen LogP contribution in [0.5, 0.6) is 0 Å². The quantitative estimate of drug-likeness (QED) is 0.244. The molecule has 1 aliphatic heterocycles. The lowest BCUT2D eigenvalue weighted by Crippen LogP contribution is -2.35. The molecule has 206 valence electrons. The highest BCUT2D eigenvalue weighted by Gasteiger charge is 2.51. The number of benzene rings is 1. The maximum absolute atomic E-state index is 15.9. The number of fused-ring (bicyclic) bond motifs is 4. The first kappa shape index (κ1) is 25.6. The van der Waals surface area contributed by atoms with Crippen LogP contribution >= 0.6 is 0 Å². The fourth-order valence-corrected chi connectivity index (χ4v) is 6.81. The van der Waals surface area contributed by atoms with E-state index in [2.05, 4.69) is 20.3 Å². The first-order chi connectivity index (χ1) is 19.9. The minimum atomic E-state index is -1.59. The van der Waals surface area contributed by atoms with Gasteiger partial charge < -0.3 is 5.32 Å². The van der Waals surface area contributed by atoms with Gasteiger partial charge >= 0.3 is 0 Å². The van der Waals surface area contributed by atoms with Crippen LogP contribution in [0.25, 0.3) is 0 Å². The van der Waals surface area contributed by atoms with E-state index in [-0.39, 0.29) is 30.1 Å². The normalized spacial score (nSPS) is 24.4. The lowest BCUT2D eigenvalue weighted by atomic mass is 9.80. The highest BCUT2D eigenvalue weighted by molar-refractivity contribution is 6.06. The van der Waals surface area contributed by atoms with Gasteiger partial charge in [0.15, 0.2) is 17.4 Å². The maximum Gasteiger partial charge on any atom is 0.237 e. The second kappa shape index (κ2) is 9.61. The van der Waals surface area contributed by atoms with Gasteiger partial charge in [0.25, 0.3) is 0 Å². The number of aromatic nitrogens is 3.